The number of hydrogen-bond acceptors (Lipinski definition) is 6. The fraction of sp³-hybridized carbons (Fsp3) is 0.111. The monoisotopic (exact) mass is 372 g/mol. The maximum Gasteiger partial charge on any atom is 0.337 e. The molecule has 8 heteroatoms. The van der Waals surface area contributed by atoms with Crippen molar-refractivity contribution in [3.05, 3.63) is 66.2 Å². The molecule has 134 valence electrons. The summed E-state index contributed by atoms with van der Waals surface area (Å²) in [4.78, 5) is 15.7. The lowest BCUT2D eigenvalue weighted by molar-refractivity contribution is 0.0601. The van der Waals surface area contributed by atoms with Gasteiger partial charge in [-0.25, -0.2) is 18.2 Å². The van der Waals surface area contributed by atoms with Gasteiger partial charge in [0.05, 0.1) is 17.6 Å². The summed E-state index contributed by atoms with van der Waals surface area (Å²) in [5, 5.41) is 0. The maximum atomic E-state index is 12.5. The zero-order valence-corrected chi connectivity index (χ0v) is 14.9. The summed E-state index contributed by atoms with van der Waals surface area (Å²) in [6.07, 6.45) is 1.51. The van der Waals surface area contributed by atoms with Crippen molar-refractivity contribution in [1.29, 1.82) is 0 Å². The quantitative estimate of drug-likeness (QED) is 0.691. The Hall–Kier alpha value is -3.13. The summed E-state index contributed by atoms with van der Waals surface area (Å²) in [7, 11) is -2.48. The van der Waals surface area contributed by atoms with Crippen LogP contribution in [0.15, 0.2) is 64.1 Å². The minimum atomic E-state index is -3.76. The Bertz CT molecular complexity index is 1020. The molecule has 3 rings (SSSR count). The van der Waals surface area contributed by atoms with Gasteiger partial charge in [0.2, 0.25) is 0 Å². The van der Waals surface area contributed by atoms with Gasteiger partial charge in [0, 0.05) is 18.2 Å². The van der Waals surface area contributed by atoms with Crippen LogP contribution in [0.25, 0.3) is 11.3 Å². The van der Waals surface area contributed by atoms with E-state index in [1.54, 1.807) is 19.1 Å². The van der Waals surface area contributed by atoms with E-state index in [1.165, 1.54) is 49.8 Å². The number of methoxy groups -OCH3 is 1. The van der Waals surface area contributed by atoms with Crippen LogP contribution in [0.4, 0.5) is 5.69 Å². The fourth-order valence-corrected chi connectivity index (χ4v) is 3.37. The minimum Gasteiger partial charge on any atom is -0.465 e. The van der Waals surface area contributed by atoms with E-state index >= 15 is 0 Å². The van der Waals surface area contributed by atoms with Crippen LogP contribution >= 0.6 is 0 Å². The van der Waals surface area contributed by atoms with Gasteiger partial charge in [-0.1, -0.05) is 12.1 Å². The van der Waals surface area contributed by atoms with E-state index < -0.39 is 16.0 Å². The number of carbonyl (C=O) groups excluding carboxylic acids is 1. The number of benzene rings is 2. The third-order valence-electron chi connectivity index (χ3n) is 3.64. The molecule has 0 aliphatic rings. The highest BCUT2D eigenvalue weighted by Crippen LogP contribution is 2.22. The Morgan fingerprint density at radius 3 is 2.27 bits per heavy atom. The lowest BCUT2D eigenvalue weighted by Crippen LogP contribution is -2.13. The Balaban J connectivity index is 1.78. The van der Waals surface area contributed by atoms with Crippen LogP contribution in [-0.4, -0.2) is 26.5 Å². The highest BCUT2D eigenvalue weighted by molar-refractivity contribution is 7.92. The number of oxazole rings is 1. The van der Waals surface area contributed by atoms with Gasteiger partial charge in [0.1, 0.15) is 12.0 Å². The van der Waals surface area contributed by atoms with Crippen molar-refractivity contribution >= 4 is 21.7 Å². The van der Waals surface area contributed by atoms with Crippen LogP contribution in [0.5, 0.6) is 0 Å². The molecule has 1 N–H and O–H groups in total. The number of anilines is 1. The van der Waals surface area contributed by atoms with Crippen molar-refractivity contribution in [3.63, 3.8) is 0 Å². The Labute approximate surface area is 150 Å². The molecule has 3 aromatic rings. The van der Waals surface area contributed by atoms with Gasteiger partial charge in [-0.15, -0.1) is 0 Å². The van der Waals surface area contributed by atoms with Gasteiger partial charge in [0.15, 0.2) is 5.89 Å². The van der Waals surface area contributed by atoms with Crippen LogP contribution in [0.2, 0.25) is 0 Å². The van der Waals surface area contributed by atoms with E-state index in [1.807, 2.05) is 0 Å². The van der Waals surface area contributed by atoms with E-state index in [0.29, 0.717) is 22.8 Å². The first-order valence-corrected chi connectivity index (χ1v) is 9.11. The molecule has 0 bridgehead atoms. The van der Waals surface area contributed by atoms with Gasteiger partial charge in [-0.3, -0.25) is 4.72 Å². The molecule has 0 unspecified atom stereocenters. The third-order valence-corrected chi connectivity index (χ3v) is 5.03. The number of ether oxygens (including phenoxy) is 1. The molecular formula is C18H16N2O5S. The van der Waals surface area contributed by atoms with Gasteiger partial charge >= 0.3 is 5.97 Å². The van der Waals surface area contributed by atoms with Crippen molar-refractivity contribution < 1.29 is 22.4 Å². The number of nitrogens with one attached hydrogen (secondary N) is 1. The number of aromatic nitrogens is 1. The number of carbonyl (C=O) groups is 1. The summed E-state index contributed by atoms with van der Waals surface area (Å²) < 4.78 is 37.2. The van der Waals surface area contributed by atoms with Crippen molar-refractivity contribution in [3.8, 4) is 11.3 Å². The molecule has 0 saturated carbocycles. The second-order valence-corrected chi connectivity index (χ2v) is 7.13. The van der Waals surface area contributed by atoms with Crippen LogP contribution in [0.3, 0.4) is 0 Å². The van der Waals surface area contributed by atoms with Crippen molar-refractivity contribution in [2.75, 3.05) is 11.8 Å². The second-order valence-electron chi connectivity index (χ2n) is 5.45. The number of hydrogen-bond donors (Lipinski definition) is 1. The molecule has 0 saturated heterocycles. The molecule has 1 heterocycles. The molecule has 0 fully saturated rings. The molecule has 1 aromatic heterocycles. The topological polar surface area (TPSA) is 98.5 Å². The molecule has 0 radical (unpaired) electrons. The van der Waals surface area contributed by atoms with Crippen LogP contribution < -0.4 is 4.72 Å². The number of rotatable bonds is 5. The maximum absolute atomic E-state index is 12.5. The van der Waals surface area contributed by atoms with Gasteiger partial charge in [0.25, 0.3) is 10.0 Å². The Morgan fingerprint density at radius 1 is 1.08 bits per heavy atom. The SMILES string of the molecule is COC(=O)c1ccc(NS(=O)(=O)c2ccc(-c3coc(C)n3)cc2)cc1. The molecule has 26 heavy (non-hydrogen) atoms. The molecule has 0 atom stereocenters. The van der Waals surface area contributed by atoms with E-state index in [2.05, 4.69) is 14.4 Å². The highest BCUT2D eigenvalue weighted by atomic mass is 32.2. The predicted octanol–water partition coefficient (Wildman–Crippen LogP) is 3.24. The zero-order valence-electron chi connectivity index (χ0n) is 14.1. The lowest BCUT2D eigenvalue weighted by Gasteiger charge is -2.09. The number of sulfonamides is 1. The molecule has 7 nitrogen and oxygen atoms in total. The fourth-order valence-electron chi connectivity index (χ4n) is 2.31. The number of aryl methyl sites for hydroxylation is 1. The molecule has 0 spiro atoms. The first kappa shape index (κ1) is 17.7. The largest absolute Gasteiger partial charge is 0.465 e. The zero-order chi connectivity index (χ0) is 18.7. The summed E-state index contributed by atoms with van der Waals surface area (Å²) >= 11 is 0. The smallest absolute Gasteiger partial charge is 0.337 e. The third kappa shape index (κ3) is 3.75. The molecule has 0 amide bonds. The number of esters is 1. The average molecular weight is 372 g/mol. The molecule has 0 aliphatic heterocycles. The van der Waals surface area contributed by atoms with Gasteiger partial charge < -0.3 is 9.15 Å². The highest BCUT2D eigenvalue weighted by Gasteiger charge is 2.15. The predicted molar refractivity (Wildman–Crippen MR) is 95.3 cm³/mol. The van der Waals surface area contributed by atoms with E-state index in [0.717, 1.165) is 5.56 Å². The lowest BCUT2D eigenvalue weighted by atomic mass is 10.2. The van der Waals surface area contributed by atoms with Crippen LogP contribution in [0.1, 0.15) is 16.2 Å². The molecule has 0 aliphatic carbocycles. The van der Waals surface area contributed by atoms with Crippen molar-refractivity contribution in [2.45, 2.75) is 11.8 Å². The van der Waals surface area contributed by atoms with Gasteiger partial charge in [-0.05, 0) is 36.4 Å². The first-order chi connectivity index (χ1) is 12.4. The van der Waals surface area contributed by atoms with E-state index in [9.17, 15) is 13.2 Å². The minimum absolute atomic E-state index is 0.110. The first-order valence-electron chi connectivity index (χ1n) is 7.63. The van der Waals surface area contributed by atoms with Gasteiger partial charge in [-0.2, -0.15) is 0 Å². The molecule has 2 aromatic carbocycles. The Kier molecular flexibility index (Phi) is 4.77. The summed E-state index contributed by atoms with van der Waals surface area (Å²) in [6, 6.07) is 12.3. The Morgan fingerprint density at radius 2 is 1.73 bits per heavy atom. The number of nitrogens with zero attached hydrogens (tertiary/aromatic N) is 1. The summed E-state index contributed by atoms with van der Waals surface area (Å²) in [6.45, 7) is 1.73. The van der Waals surface area contributed by atoms with Crippen LogP contribution in [-0.2, 0) is 14.8 Å². The van der Waals surface area contributed by atoms with Crippen molar-refractivity contribution in [2.24, 2.45) is 0 Å². The van der Waals surface area contributed by atoms with E-state index in [4.69, 9.17) is 4.42 Å². The standard InChI is InChI=1S/C18H16N2O5S/c1-12-19-17(11-25-12)13-5-9-16(10-6-13)26(22,23)20-15-7-3-14(4-8-15)18(21)24-2/h3-11,20H,1-2H3. The van der Waals surface area contributed by atoms with Crippen LogP contribution in [0, 0.1) is 6.92 Å². The van der Waals surface area contributed by atoms with Crippen molar-refractivity contribution in [1.82, 2.24) is 4.98 Å². The van der Waals surface area contributed by atoms with E-state index in [-0.39, 0.29) is 4.90 Å². The summed E-state index contributed by atoms with van der Waals surface area (Å²) in [5.74, 6) is 0.0480. The average Bonchev–Trinajstić information content (AvgIpc) is 3.08. The second kappa shape index (κ2) is 7.01. The normalized spacial score (nSPS) is 11.2. The summed E-state index contributed by atoms with van der Waals surface area (Å²) in [5.41, 5.74) is 2.07. The molecular weight excluding hydrogens is 356 g/mol.